The first-order chi connectivity index (χ1) is 9.60. The molecule has 0 fully saturated rings. The van der Waals surface area contributed by atoms with E-state index < -0.39 is 28.0 Å². The third-order valence-corrected chi connectivity index (χ3v) is 3.94. The summed E-state index contributed by atoms with van der Waals surface area (Å²) in [5.74, 6) is -1.51. The Hall–Kier alpha value is -1.69. The minimum Gasteiger partial charge on any atom is -0.465 e. The Labute approximate surface area is 120 Å². The molecule has 110 valence electrons. The van der Waals surface area contributed by atoms with Crippen LogP contribution >= 0.6 is 0 Å². The quantitative estimate of drug-likeness (QED) is 0.562. The Balaban J connectivity index is 2.84. The van der Waals surface area contributed by atoms with Crippen LogP contribution in [0.3, 0.4) is 0 Å². The maximum atomic E-state index is 12.3. The third kappa shape index (κ3) is 4.77. The maximum absolute atomic E-state index is 12.3. The van der Waals surface area contributed by atoms with Crippen LogP contribution in [0.25, 0.3) is 0 Å². The molecule has 20 heavy (non-hydrogen) atoms. The van der Waals surface area contributed by atoms with E-state index in [2.05, 4.69) is 0 Å². The van der Waals surface area contributed by atoms with Crippen molar-refractivity contribution in [3.63, 3.8) is 0 Å². The average Bonchev–Trinajstić information content (AvgIpc) is 2.40. The molecule has 0 N–H and O–H groups in total. The first-order valence-corrected chi connectivity index (χ1v) is 7.72. The van der Waals surface area contributed by atoms with Gasteiger partial charge in [-0.25, -0.2) is 0 Å². The largest absolute Gasteiger partial charge is 0.465 e. The van der Waals surface area contributed by atoms with Gasteiger partial charge in [-0.2, -0.15) is 0 Å². The van der Waals surface area contributed by atoms with Crippen molar-refractivity contribution in [2.24, 2.45) is 0 Å². The third-order valence-electron chi connectivity index (χ3n) is 2.42. The highest BCUT2D eigenvalue weighted by Crippen LogP contribution is 2.10. The van der Waals surface area contributed by atoms with Crippen LogP contribution in [0, 0.1) is 0 Å². The predicted molar refractivity (Wildman–Crippen MR) is 75.3 cm³/mol. The van der Waals surface area contributed by atoms with Gasteiger partial charge in [-0.15, -0.1) is 0 Å². The zero-order chi connectivity index (χ0) is 15.0. The van der Waals surface area contributed by atoms with E-state index in [4.69, 9.17) is 9.47 Å². The zero-order valence-electron chi connectivity index (χ0n) is 11.5. The van der Waals surface area contributed by atoms with E-state index in [1.54, 1.807) is 38.1 Å². The van der Waals surface area contributed by atoms with Gasteiger partial charge in [0.05, 0.1) is 29.8 Å². The maximum Gasteiger partial charge on any atom is 0.333 e. The number of hydrogen-bond acceptors (Lipinski definition) is 5. The fraction of sp³-hybridized carbons (Fsp3) is 0.429. The van der Waals surface area contributed by atoms with Crippen molar-refractivity contribution < 1.29 is 23.3 Å². The normalized spacial score (nSPS) is 11.9. The molecule has 0 saturated carbocycles. The Morgan fingerprint density at radius 1 is 1.05 bits per heavy atom. The second kappa shape index (κ2) is 8.47. The van der Waals surface area contributed by atoms with Crippen LogP contribution in [0.15, 0.2) is 30.3 Å². The van der Waals surface area contributed by atoms with Gasteiger partial charge in [-0.3, -0.25) is 13.8 Å². The van der Waals surface area contributed by atoms with Gasteiger partial charge in [0.2, 0.25) is 5.25 Å². The van der Waals surface area contributed by atoms with Crippen LogP contribution in [0.4, 0.5) is 0 Å². The van der Waals surface area contributed by atoms with Crippen molar-refractivity contribution in [2.75, 3.05) is 13.2 Å². The Kier molecular flexibility index (Phi) is 6.93. The molecule has 0 aliphatic heterocycles. The lowest BCUT2D eigenvalue weighted by Crippen LogP contribution is -2.38. The summed E-state index contributed by atoms with van der Waals surface area (Å²) in [4.78, 5) is 23.6. The van der Waals surface area contributed by atoms with E-state index in [9.17, 15) is 13.8 Å². The molecule has 6 heteroatoms. The molecule has 0 saturated heterocycles. The lowest BCUT2D eigenvalue weighted by Gasteiger charge is -2.14. The van der Waals surface area contributed by atoms with Crippen LogP contribution in [0.1, 0.15) is 19.4 Å². The molecule has 1 rings (SSSR count). The van der Waals surface area contributed by atoms with Crippen molar-refractivity contribution in [3.05, 3.63) is 35.9 Å². The number of hydrogen-bond donors (Lipinski definition) is 0. The molecule has 0 spiro atoms. The Bertz CT molecular complexity index is 454. The van der Waals surface area contributed by atoms with E-state index in [0.717, 1.165) is 5.56 Å². The average molecular weight is 298 g/mol. The highest BCUT2D eigenvalue weighted by Gasteiger charge is 2.35. The Morgan fingerprint density at radius 3 is 2.00 bits per heavy atom. The molecule has 5 nitrogen and oxygen atoms in total. The van der Waals surface area contributed by atoms with Crippen LogP contribution in [-0.4, -0.2) is 34.6 Å². The lowest BCUT2D eigenvalue weighted by molar-refractivity contribution is -0.153. The molecule has 0 radical (unpaired) electrons. The standard InChI is InChI=1S/C14H18O5S/c1-3-18-13(15)12(14(16)19-4-2)20(17)10-11-8-6-5-7-9-11/h5-9,12H,3-4,10H2,1-2H3. The number of carbonyl (C=O) groups is 2. The molecule has 0 aromatic heterocycles. The summed E-state index contributed by atoms with van der Waals surface area (Å²) in [6.07, 6.45) is 0. The summed E-state index contributed by atoms with van der Waals surface area (Å²) in [6, 6.07) is 9.00. The van der Waals surface area contributed by atoms with E-state index in [0.29, 0.717) is 0 Å². The first kappa shape index (κ1) is 16.4. The highest BCUT2D eigenvalue weighted by atomic mass is 32.2. The van der Waals surface area contributed by atoms with Crippen LogP contribution < -0.4 is 0 Å². The molecule has 1 unspecified atom stereocenters. The summed E-state index contributed by atoms with van der Waals surface area (Å²) in [5.41, 5.74) is 0.782. The SMILES string of the molecule is CCOC(=O)C(C(=O)OCC)S(=O)Cc1ccccc1. The summed E-state index contributed by atoms with van der Waals surface area (Å²) in [5, 5.41) is -1.39. The fourth-order valence-electron chi connectivity index (χ4n) is 1.57. The smallest absolute Gasteiger partial charge is 0.333 e. The van der Waals surface area contributed by atoms with Gasteiger partial charge in [-0.1, -0.05) is 30.3 Å². The monoisotopic (exact) mass is 298 g/mol. The van der Waals surface area contributed by atoms with Crippen LogP contribution in [-0.2, 0) is 35.6 Å². The molecule has 0 aliphatic carbocycles. The van der Waals surface area contributed by atoms with Gasteiger partial charge in [0.1, 0.15) is 0 Å². The van der Waals surface area contributed by atoms with E-state index in [1.807, 2.05) is 6.07 Å². The van der Waals surface area contributed by atoms with Crippen molar-refractivity contribution >= 4 is 22.7 Å². The van der Waals surface area contributed by atoms with Gasteiger partial charge < -0.3 is 9.47 Å². The number of benzene rings is 1. The fourth-order valence-corrected chi connectivity index (χ4v) is 2.82. The molecule has 0 heterocycles. The Morgan fingerprint density at radius 2 is 1.55 bits per heavy atom. The molecule has 1 aromatic rings. The van der Waals surface area contributed by atoms with E-state index in [-0.39, 0.29) is 19.0 Å². The van der Waals surface area contributed by atoms with Crippen LogP contribution in [0.5, 0.6) is 0 Å². The van der Waals surface area contributed by atoms with Gasteiger partial charge in [0, 0.05) is 0 Å². The lowest BCUT2D eigenvalue weighted by atomic mass is 10.2. The predicted octanol–water partition coefficient (Wildman–Crippen LogP) is 1.43. The summed E-state index contributed by atoms with van der Waals surface area (Å²) in [6.45, 7) is 3.50. The van der Waals surface area contributed by atoms with Crippen molar-refractivity contribution in [2.45, 2.75) is 24.9 Å². The molecular formula is C14H18O5S. The van der Waals surface area contributed by atoms with E-state index >= 15 is 0 Å². The van der Waals surface area contributed by atoms with Crippen molar-refractivity contribution in [1.82, 2.24) is 0 Å². The molecule has 1 aromatic carbocycles. The number of rotatable bonds is 7. The number of carbonyl (C=O) groups excluding carboxylic acids is 2. The van der Waals surface area contributed by atoms with Gasteiger partial charge >= 0.3 is 11.9 Å². The molecular weight excluding hydrogens is 280 g/mol. The van der Waals surface area contributed by atoms with Gasteiger partial charge in [0.25, 0.3) is 0 Å². The summed E-state index contributed by atoms with van der Waals surface area (Å²) >= 11 is 0. The minimum absolute atomic E-state index is 0.100. The zero-order valence-corrected chi connectivity index (χ0v) is 12.4. The molecule has 0 amide bonds. The van der Waals surface area contributed by atoms with Crippen LogP contribution in [0.2, 0.25) is 0 Å². The minimum atomic E-state index is -1.72. The highest BCUT2D eigenvalue weighted by molar-refractivity contribution is 7.86. The van der Waals surface area contributed by atoms with Gasteiger partial charge in [0.15, 0.2) is 0 Å². The number of ether oxygens (including phenoxy) is 2. The topological polar surface area (TPSA) is 69.7 Å². The molecule has 1 atom stereocenters. The summed E-state index contributed by atoms with van der Waals surface area (Å²) < 4.78 is 21.8. The summed E-state index contributed by atoms with van der Waals surface area (Å²) in [7, 11) is -1.72. The van der Waals surface area contributed by atoms with Crippen molar-refractivity contribution in [3.8, 4) is 0 Å². The molecule has 0 bridgehead atoms. The van der Waals surface area contributed by atoms with E-state index in [1.165, 1.54) is 0 Å². The van der Waals surface area contributed by atoms with Gasteiger partial charge in [-0.05, 0) is 19.4 Å². The molecule has 0 aliphatic rings. The first-order valence-electron chi connectivity index (χ1n) is 6.34. The second-order valence-electron chi connectivity index (χ2n) is 3.89. The second-order valence-corrected chi connectivity index (χ2v) is 5.42. The number of esters is 2. The van der Waals surface area contributed by atoms with Crippen molar-refractivity contribution in [1.29, 1.82) is 0 Å².